The third-order valence-electron chi connectivity index (χ3n) is 23.8. The van der Waals surface area contributed by atoms with Crippen LogP contribution in [0.1, 0.15) is 141 Å². The van der Waals surface area contributed by atoms with Crippen LogP contribution >= 0.6 is 11.8 Å². The van der Waals surface area contributed by atoms with E-state index in [1.54, 1.807) is 74.8 Å². The molecule has 18 amide bonds. The number of hydrogen-bond donors (Lipinski definition) is 21. The number of nitrogens with zero attached hydrogens (tertiary/aromatic N) is 5. The Morgan fingerprint density at radius 2 is 1.03 bits per heavy atom. The number of hydrogen-bond acceptors (Lipinski definition) is 23. The van der Waals surface area contributed by atoms with Crippen LogP contribution in [0.2, 0.25) is 0 Å². The fraction of sp³-hybridized carbons (Fsp3) is 0.539. The zero-order chi connectivity index (χ0) is 98.5. The first-order valence-corrected chi connectivity index (χ1v) is 46.0. The molecule has 730 valence electrons. The van der Waals surface area contributed by atoms with E-state index in [-0.39, 0.29) is 89.0 Å². The van der Waals surface area contributed by atoms with Crippen molar-refractivity contribution >= 4 is 146 Å². The number of aromatic hydroxyl groups is 1. The van der Waals surface area contributed by atoms with Gasteiger partial charge < -0.3 is 132 Å². The van der Waals surface area contributed by atoms with Gasteiger partial charge in [0.25, 0.3) is 0 Å². The molecule has 0 bridgehead atoms. The lowest BCUT2D eigenvalue weighted by Gasteiger charge is -2.36. The summed E-state index contributed by atoms with van der Waals surface area (Å²) in [6.07, 6.45) is 0.0421. The zero-order valence-electron chi connectivity index (χ0n) is 76.6. The third kappa shape index (κ3) is 29.8. The number of aromatic nitrogens is 2. The summed E-state index contributed by atoms with van der Waals surface area (Å²) in [5.41, 5.74) is 31.4. The van der Waals surface area contributed by atoms with Gasteiger partial charge >= 0.3 is 0 Å². The van der Waals surface area contributed by atoms with Crippen LogP contribution in [0.25, 0.3) is 21.8 Å². The number of primary amides is 3. The monoisotopic (exact) mass is 1880 g/mol. The number of thioether (sulfide) groups is 1. The molecular formula is C89H128N24O20S. The topological polar surface area (TPSA) is 682 Å². The summed E-state index contributed by atoms with van der Waals surface area (Å²) in [5, 5.41) is 59.3. The van der Waals surface area contributed by atoms with Gasteiger partial charge in [-0.3, -0.25) is 91.7 Å². The number of unbranched alkanes of at least 4 members (excludes halogenated alkanes) is 2. The standard InChI is InChI=1S/C89H128N24O20S/c1-9-11-24-67-81(126)101-58(23-17-31-96-89(94)95)77(122)108-66(76(121)99-43-73(93)118)45-134-46-74(119)100-62(34-49-27-29-52(114)30-28-49)84(129)109(6)48(5)75(120)104-64(39-72(92)117)86(131)112-32-18-26-68(112)82(127)107-65(40-90)80(125)105-61(33-47(3)4)87(132)113-44-53(115)37-70(113)83(128)103-59(35-50-41-97-56-21-15-13-19-54(50)56)78(123)102-60(38-71(91)116)79(124)106-63(36-51-42-98-57-22-16-14-20-55(51)57)85(130)111(8)69(25-12-10-2)88(133)110(67)7/h13-16,19-22,27-30,41-42,47-48,53,58-70,97-98,114-115H,9-12,17-18,23-26,31-40,43-46,90H2,1-8H3,(H2,91,116)(H2,92,117)(H2,93,118)(H,99,121)(H,100,119)(H,101,126)(H,102,123)(H,103,128)(H,104,120)(H,105,125)(H,106,124)(H,107,127)(H,108,122)(H4,94,95,96)/t48-,53+,58-,59-,60-,61-,62-,63-,64-,65-,66-,67-,68-,69-,70-/m0/s1. The molecule has 44 nitrogen and oxygen atoms in total. The SMILES string of the molecule is CCCC[C@H]1C(=O)N(C)[C@@H](CCCC)C(=O)N[C@@H](CCCNC(=N)N)C(=O)N[C@H](C(=O)NCC(N)=O)CSCC(=O)N[C@@H](Cc2ccc(O)cc2)C(=O)N(C)[C@@H](C)C(=O)N[C@@H](CC(N)=O)C(=O)N2CCC[C@H]2C(=O)N[C@@H](CN)C(=O)N[C@@H](CC(C)C)C(=O)N2C[C@H](O)C[C@H]2C(=O)N[C@@H](Cc2c[nH]c3ccccc23)C(=O)N[C@@H](CC(N)=O)C(=O)N[C@@H](Cc2c[nH]c3ccccc23)C(=O)N1C. The average Bonchev–Trinajstić information content (AvgIpc) is 1.57. The van der Waals surface area contributed by atoms with Crippen molar-refractivity contribution in [2.24, 2.45) is 34.6 Å². The van der Waals surface area contributed by atoms with Crippen LogP contribution in [-0.4, -0.2) is 313 Å². The van der Waals surface area contributed by atoms with Crippen molar-refractivity contribution in [1.29, 1.82) is 5.41 Å². The number of H-pyrrole nitrogens is 2. The summed E-state index contributed by atoms with van der Waals surface area (Å²) in [6.45, 7) is 6.40. The summed E-state index contributed by atoms with van der Waals surface area (Å²) in [4.78, 5) is 274. The number of phenols is 1. The Labute approximate surface area is 779 Å². The smallest absolute Gasteiger partial charge is 0.246 e. The number of carbonyl (C=O) groups is 18. The number of fused-ring (bicyclic) bond motifs is 4. The molecule has 45 heteroatoms. The Morgan fingerprint density at radius 3 is 1.63 bits per heavy atom. The Balaban J connectivity index is 1.20. The molecule has 0 saturated carbocycles. The molecule has 0 aliphatic carbocycles. The number of likely N-dealkylation sites (N-methyl/N-ethyl adjacent to an activating group) is 3. The summed E-state index contributed by atoms with van der Waals surface area (Å²) < 4.78 is 0. The van der Waals surface area contributed by atoms with Gasteiger partial charge in [0, 0.05) is 113 Å². The first-order chi connectivity index (χ1) is 63.6. The van der Waals surface area contributed by atoms with E-state index in [0.29, 0.717) is 64.2 Å². The Hall–Kier alpha value is -13.5. The van der Waals surface area contributed by atoms with Crippen molar-refractivity contribution in [1.82, 2.24) is 93.0 Å². The van der Waals surface area contributed by atoms with E-state index in [4.69, 9.17) is 34.1 Å². The molecule has 3 aromatic carbocycles. The van der Waals surface area contributed by atoms with E-state index < -0.39 is 253 Å². The van der Waals surface area contributed by atoms with E-state index in [0.717, 1.165) is 36.3 Å². The number of para-hydroxylation sites is 2. The van der Waals surface area contributed by atoms with Crippen molar-refractivity contribution in [3.63, 3.8) is 0 Å². The Kier molecular flexibility index (Phi) is 39.8. The summed E-state index contributed by atoms with van der Waals surface area (Å²) >= 11 is 0.753. The van der Waals surface area contributed by atoms with Gasteiger partial charge in [-0.2, -0.15) is 0 Å². The van der Waals surface area contributed by atoms with E-state index in [1.807, 2.05) is 13.8 Å². The third-order valence-corrected chi connectivity index (χ3v) is 24.8. The number of amides is 18. The molecule has 3 saturated heterocycles. The zero-order valence-corrected chi connectivity index (χ0v) is 77.4. The predicted molar refractivity (Wildman–Crippen MR) is 493 cm³/mol. The molecule has 3 fully saturated rings. The number of nitrogens with two attached hydrogens (primary N) is 5. The van der Waals surface area contributed by atoms with E-state index in [2.05, 4.69) is 68.5 Å². The molecule has 2 aromatic heterocycles. The fourth-order valence-electron chi connectivity index (χ4n) is 16.4. The molecule has 134 heavy (non-hydrogen) atoms. The normalized spacial score (nSPS) is 24.8. The second kappa shape index (κ2) is 50.4. The van der Waals surface area contributed by atoms with Crippen molar-refractivity contribution in [2.75, 3.05) is 65.4 Å². The molecule has 3 aliphatic heterocycles. The minimum atomic E-state index is -1.93. The second-order valence-corrected chi connectivity index (χ2v) is 35.5. The number of rotatable bonds is 26. The first kappa shape index (κ1) is 106. The van der Waals surface area contributed by atoms with Crippen LogP contribution in [0.5, 0.6) is 5.75 Å². The molecule has 15 atom stereocenters. The van der Waals surface area contributed by atoms with E-state index in [9.17, 15) is 63.0 Å². The number of benzene rings is 3. The maximum absolute atomic E-state index is 15.8. The highest BCUT2D eigenvalue weighted by Gasteiger charge is 2.47. The maximum atomic E-state index is 15.8. The van der Waals surface area contributed by atoms with Gasteiger partial charge in [0.2, 0.25) is 106 Å². The van der Waals surface area contributed by atoms with Gasteiger partial charge in [-0.1, -0.05) is 102 Å². The largest absolute Gasteiger partial charge is 0.508 e. The second-order valence-electron chi connectivity index (χ2n) is 34.4. The molecule has 0 unspecified atom stereocenters. The number of guanidine groups is 1. The van der Waals surface area contributed by atoms with E-state index >= 15 is 33.6 Å². The highest BCUT2D eigenvalue weighted by Crippen LogP contribution is 2.28. The first-order valence-electron chi connectivity index (χ1n) is 44.8. The van der Waals surface area contributed by atoms with Gasteiger partial charge in [0.05, 0.1) is 31.2 Å². The number of aliphatic hydroxyl groups excluding tert-OH is 1. The molecule has 5 heterocycles. The van der Waals surface area contributed by atoms with Crippen molar-refractivity contribution in [2.45, 2.75) is 234 Å². The Morgan fingerprint density at radius 1 is 0.522 bits per heavy atom. The summed E-state index contributed by atoms with van der Waals surface area (Å²) in [6, 6.07) is -2.72. The average molecular weight is 1890 g/mol. The van der Waals surface area contributed by atoms with Crippen LogP contribution in [0, 0.1) is 11.3 Å². The van der Waals surface area contributed by atoms with Gasteiger partial charge in [-0.25, -0.2) is 0 Å². The quantitative estimate of drug-likeness (QED) is 0.0142. The minimum absolute atomic E-state index is 0.0234. The summed E-state index contributed by atoms with van der Waals surface area (Å²) in [7, 11) is 3.86. The van der Waals surface area contributed by atoms with Crippen LogP contribution in [-0.2, 0) is 106 Å². The fourth-order valence-corrected chi connectivity index (χ4v) is 17.3. The highest BCUT2D eigenvalue weighted by molar-refractivity contribution is 8.00. The van der Waals surface area contributed by atoms with Gasteiger partial charge in [-0.15, -0.1) is 11.8 Å². The maximum Gasteiger partial charge on any atom is 0.246 e. The van der Waals surface area contributed by atoms with E-state index in [1.165, 1.54) is 52.3 Å². The molecule has 0 spiro atoms. The molecule has 8 rings (SSSR count). The van der Waals surface area contributed by atoms with Gasteiger partial charge in [0.15, 0.2) is 5.96 Å². The van der Waals surface area contributed by atoms with Crippen molar-refractivity contribution in [3.05, 3.63) is 102 Å². The van der Waals surface area contributed by atoms with Crippen molar-refractivity contribution < 1.29 is 96.5 Å². The highest BCUT2D eigenvalue weighted by atomic mass is 32.2. The molecule has 26 N–H and O–H groups in total. The number of carbonyl (C=O) groups excluding carboxylic acids is 18. The molecule has 3 aliphatic rings. The predicted octanol–water partition coefficient (Wildman–Crippen LogP) is -4.05. The van der Waals surface area contributed by atoms with Crippen LogP contribution in [0.4, 0.5) is 0 Å². The Bertz CT molecular complexity index is 5070. The number of aromatic amines is 2. The van der Waals surface area contributed by atoms with Crippen LogP contribution in [0.3, 0.4) is 0 Å². The lowest BCUT2D eigenvalue weighted by Crippen LogP contribution is -2.62. The summed E-state index contributed by atoms with van der Waals surface area (Å²) in [5.74, 6) is -19.6. The van der Waals surface area contributed by atoms with Crippen LogP contribution < -0.4 is 87.2 Å². The number of aliphatic hydroxyl groups is 1. The van der Waals surface area contributed by atoms with Crippen LogP contribution in [0.15, 0.2) is 85.2 Å². The number of nitrogens with one attached hydrogen (secondary N) is 14. The molecule has 0 radical (unpaired) electrons. The lowest BCUT2D eigenvalue weighted by atomic mass is 9.99. The van der Waals surface area contributed by atoms with Crippen molar-refractivity contribution in [3.8, 4) is 5.75 Å². The minimum Gasteiger partial charge on any atom is -0.508 e. The molecular weight excluding hydrogens is 1760 g/mol. The molecule has 5 aromatic rings. The lowest BCUT2D eigenvalue weighted by molar-refractivity contribution is -0.149. The van der Waals surface area contributed by atoms with Gasteiger partial charge in [-0.05, 0) is 98.7 Å². The van der Waals surface area contributed by atoms with Gasteiger partial charge in [0.1, 0.15) is 90.3 Å². The number of phenolic OH excluding ortho intramolecular Hbond substituents is 1.